The number of hydrogen-bond acceptors (Lipinski definition) is 7. The Hall–Kier alpha value is -2.89. The average molecular weight is 558 g/mol. The molecule has 1 unspecified atom stereocenters. The molecule has 184 valence electrons. The largest absolute Gasteiger partial charge is 0.301 e. The van der Waals surface area contributed by atoms with Crippen molar-refractivity contribution in [2.24, 2.45) is 0 Å². The van der Waals surface area contributed by atoms with Crippen molar-refractivity contribution in [1.29, 1.82) is 0 Å². The summed E-state index contributed by atoms with van der Waals surface area (Å²) in [7, 11) is -3.86. The zero-order valence-electron chi connectivity index (χ0n) is 18.8. The number of carbonyl (C=O) groups is 2. The number of thiophene rings is 1. The number of anilines is 1. The van der Waals surface area contributed by atoms with Gasteiger partial charge >= 0.3 is 0 Å². The highest BCUT2D eigenvalue weighted by Crippen LogP contribution is 2.35. The molecule has 11 heteroatoms. The highest BCUT2D eigenvalue weighted by molar-refractivity contribution is 7.91. The van der Waals surface area contributed by atoms with Crippen LogP contribution in [0.15, 0.2) is 77.0 Å². The first kappa shape index (κ1) is 24.8. The Morgan fingerprint density at radius 3 is 2.33 bits per heavy atom. The van der Waals surface area contributed by atoms with Gasteiger partial charge in [-0.25, -0.2) is 13.4 Å². The molecule has 1 atom stereocenters. The van der Waals surface area contributed by atoms with Crippen molar-refractivity contribution in [3.05, 3.63) is 87.6 Å². The van der Waals surface area contributed by atoms with Crippen LogP contribution in [0.3, 0.4) is 0 Å². The third-order valence-corrected chi connectivity index (χ3v) is 10.3. The molecule has 3 heterocycles. The lowest BCUT2D eigenvalue weighted by molar-refractivity contribution is -0.119. The Labute approximate surface area is 221 Å². The third kappa shape index (κ3) is 4.87. The van der Waals surface area contributed by atoms with Gasteiger partial charge in [0.1, 0.15) is 15.1 Å². The summed E-state index contributed by atoms with van der Waals surface area (Å²) in [6.07, 6.45) is 0.943. The van der Waals surface area contributed by atoms with Gasteiger partial charge in [-0.05, 0) is 25.0 Å². The van der Waals surface area contributed by atoms with Crippen molar-refractivity contribution in [3.63, 3.8) is 0 Å². The lowest BCUT2D eigenvalue weighted by atomic mass is 10.1. The Bertz CT molecular complexity index is 1520. The molecule has 0 bridgehead atoms. The topological polar surface area (TPSA) is 96.4 Å². The van der Waals surface area contributed by atoms with Crippen molar-refractivity contribution >= 4 is 61.1 Å². The van der Waals surface area contributed by atoms with Crippen LogP contribution < -0.4 is 5.32 Å². The molecule has 4 aromatic rings. The van der Waals surface area contributed by atoms with E-state index in [1.807, 2.05) is 36.4 Å². The molecule has 2 aromatic heterocycles. The fraction of sp³-hybridized carbons (Fsp3) is 0.160. The molecular formula is C25H20ClN3O4S3. The van der Waals surface area contributed by atoms with Crippen molar-refractivity contribution in [3.8, 4) is 11.3 Å². The number of amides is 1. The number of ketones is 1. The molecule has 1 aliphatic rings. The number of nitrogens with zero attached hydrogens (tertiary/aromatic N) is 2. The maximum absolute atomic E-state index is 13.3. The summed E-state index contributed by atoms with van der Waals surface area (Å²) in [5.74, 6) is -0.683. The fourth-order valence-electron chi connectivity index (χ4n) is 4.07. The Morgan fingerprint density at radius 1 is 0.972 bits per heavy atom. The van der Waals surface area contributed by atoms with Gasteiger partial charge in [-0.3, -0.25) is 9.59 Å². The molecule has 1 saturated heterocycles. The Kier molecular flexibility index (Phi) is 7.05. The van der Waals surface area contributed by atoms with Crippen LogP contribution in [0.1, 0.15) is 28.1 Å². The number of halogens is 1. The summed E-state index contributed by atoms with van der Waals surface area (Å²) in [4.78, 5) is 31.5. The minimum Gasteiger partial charge on any atom is -0.301 e. The van der Waals surface area contributed by atoms with Crippen LogP contribution in [0, 0.1) is 0 Å². The first-order valence-electron chi connectivity index (χ1n) is 11.1. The first-order valence-corrected chi connectivity index (χ1v) is 14.5. The maximum Gasteiger partial charge on any atom is 0.253 e. The molecule has 1 aliphatic heterocycles. The normalized spacial score (nSPS) is 16.2. The number of nitrogens with one attached hydrogen (secondary N) is 1. The minimum atomic E-state index is -3.86. The van der Waals surface area contributed by atoms with E-state index < -0.39 is 22.0 Å². The van der Waals surface area contributed by atoms with Gasteiger partial charge in [0.25, 0.3) is 10.0 Å². The number of aromatic nitrogens is 1. The van der Waals surface area contributed by atoms with E-state index in [0.717, 1.165) is 28.2 Å². The van der Waals surface area contributed by atoms with Crippen LogP contribution in [0.2, 0.25) is 4.34 Å². The zero-order chi connectivity index (χ0) is 25.3. The molecule has 36 heavy (non-hydrogen) atoms. The molecule has 5 rings (SSSR count). The van der Waals surface area contributed by atoms with Gasteiger partial charge in [-0.1, -0.05) is 83.6 Å². The van der Waals surface area contributed by atoms with Gasteiger partial charge in [-0.2, -0.15) is 4.31 Å². The zero-order valence-corrected chi connectivity index (χ0v) is 22.0. The summed E-state index contributed by atoms with van der Waals surface area (Å²) in [6.45, 7) is 0.237. The predicted molar refractivity (Wildman–Crippen MR) is 142 cm³/mol. The summed E-state index contributed by atoms with van der Waals surface area (Å²) in [5.41, 5.74) is 1.72. The standard InChI is InChI=1S/C25H20ClN3O4S3/c26-19-13-14-20(34-19)36(32,33)29-15-7-12-18(29)24(31)28-25-27-21(16-8-3-1-4-9-16)23(35-25)22(30)17-10-5-2-6-11-17/h1-6,8-11,13-14,18H,7,12,15H2,(H,27,28,31). The summed E-state index contributed by atoms with van der Waals surface area (Å²) < 4.78 is 28.0. The van der Waals surface area contributed by atoms with E-state index in [1.54, 1.807) is 24.3 Å². The molecular weight excluding hydrogens is 538 g/mol. The van der Waals surface area contributed by atoms with E-state index in [4.69, 9.17) is 11.6 Å². The summed E-state index contributed by atoms with van der Waals surface area (Å²) in [6, 6.07) is 20.2. The van der Waals surface area contributed by atoms with E-state index in [9.17, 15) is 18.0 Å². The van der Waals surface area contributed by atoms with Crippen molar-refractivity contribution in [1.82, 2.24) is 9.29 Å². The number of rotatable bonds is 7. The highest BCUT2D eigenvalue weighted by atomic mass is 35.5. The monoisotopic (exact) mass is 557 g/mol. The fourth-order valence-corrected chi connectivity index (χ4v) is 8.29. The molecule has 0 radical (unpaired) electrons. The summed E-state index contributed by atoms with van der Waals surface area (Å²) >= 11 is 7.98. The molecule has 0 spiro atoms. The predicted octanol–water partition coefficient (Wildman–Crippen LogP) is 5.55. The molecule has 1 N–H and O–H groups in total. The van der Waals surface area contributed by atoms with E-state index in [0.29, 0.717) is 33.3 Å². The van der Waals surface area contributed by atoms with Gasteiger partial charge in [0.2, 0.25) is 11.7 Å². The third-order valence-electron chi connectivity index (χ3n) is 5.76. The number of thiazole rings is 1. The first-order chi connectivity index (χ1) is 17.3. The molecule has 7 nitrogen and oxygen atoms in total. The maximum atomic E-state index is 13.3. The average Bonchev–Trinajstić information content (AvgIpc) is 3.65. The lowest BCUT2D eigenvalue weighted by Crippen LogP contribution is -2.42. The van der Waals surface area contributed by atoms with Gasteiger partial charge in [-0.15, -0.1) is 11.3 Å². The SMILES string of the molecule is O=C(c1ccccc1)c1sc(NC(=O)C2CCCN2S(=O)(=O)c2ccc(Cl)s2)nc1-c1ccccc1. The van der Waals surface area contributed by atoms with Crippen LogP contribution in [0.5, 0.6) is 0 Å². The van der Waals surface area contributed by atoms with Crippen LogP contribution in [0.25, 0.3) is 11.3 Å². The van der Waals surface area contributed by atoms with E-state index >= 15 is 0 Å². The van der Waals surface area contributed by atoms with Crippen molar-refractivity contribution in [2.75, 3.05) is 11.9 Å². The van der Waals surface area contributed by atoms with Gasteiger partial charge in [0.15, 0.2) is 5.13 Å². The van der Waals surface area contributed by atoms with Crippen molar-refractivity contribution in [2.45, 2.75) is 23.1 Å². The Balaban J connectivity index is 1.44. The molecule has 1 fully saturated rings. The van der Waals surface area contributed by atoms with E-state index in [1.165, 1.54) is 16.4 Å². The number of hydrogen-bond donors (Lipinski definition) is 1. The number of carbonyl (C=O) groups excluding carboxylic acids is 2. The Morgan fingerprint density at radius 2 is 1.67 bits per heavy atom. The van der Waals surface area contributed by atoms with Crippen molar-refractivity contribution < 1.29 is 18.0 Å². The smallest absolute Gasteiger partial charge is 0.253 e. The van der Waals surface area contributed by atoms with Crippen LogP contribution >= 0.6 is 34.3 Å². The second kappa shape index (κ2) is 10.2. The molecule has 0 saturated carbocycles. The minimum absolute atomic E-state index is 0.101. The number of sulfonamides is 1. The van der Waals surface area contributed by atoms with Crippen LogP contribution in [0.4, 0.5) is 5.13 Å². The number of benzene rings is 2. The molecule has 2 aromatic carbocycles. The van der Waals surface area contributed by atoms with E-state index in [-0.39, 0.29) is 21.7 Å². The quantitative estimate of drug-likeness (QED) is 0.301. The highest BCUT2D eigenvalue weighted by Gasteiger charge is 2.40. The second-order valence-electron chi connectivity index (χ2n) is 8.08. The van der Waals surface area contributed by atoms with Crippen LogP contribution in [-0.2, 0) is 14.8 Å². The van der Waals surface area contributed by atoms with Crippen LogP contribution in [-0.4, -0.2) is 42.0 Å². The lowest BCUT2D eigenvalue weighted by Gasteiger charge is -2.22. The molecule has 0 aliphatic carbocycles. The van der Waals surface area contributed by atoms with E-state index in [2.05, 4.69) is 10.3 Å². The molecule has 1 amide bonds. The second-order valence-corrected chi connectivity index (χ2v) is 12.9. The van der Waals surface area contributed by atoms with Gasteiger partial charge < -0.3 is 5.32 Å². The van der Waals surface area contributed by atoms with Gasteiger partial charge in [0, 0.05) is 17.7 Å². The van der Waals surface area contributed by atoms with Gasteiger partial charge in [0.05, 0.1) is 10.0 Å². The summed E-state index contributed by atoms with van der Waals surface area (Å²) in [5, 5.41) is 3.00.